The third kappa shape index (κ3) is 4.38. The smallest absolute Gasteiger partial charge is 0.258 e. The summed E-state index contributed by atoms with van der Waals surface area (Å²) >= 11 is 6.17. The van der Waals surface area contributed by atoms with Crippen molar-refractivity contribution in [3.05, 3.63) is 76.0 Å². The first-order valence-corrected chi connectivity index (χ1v) is 12.5. The molecule has 2 atom stereocenters. The highest BCUT2D eigenvalue weighted by Crippen LogP contribution is 2.59. The summed E-state index contributed by atoms with van der Waals surface area (Å²) in [5.74, 6) is -3.17. The van der Waals surface area contributed by atoms with E-state index in [4.69, 9.17) is 11.6 Å². The van der Waals surface area contributed by atoms with Crippen molar-refractivity contribution in [1.82, 2.24) is 40.3 Å². The number of hydrogen-bond donors (Lipinski definition) is 1. The molecule has 10 nitrogen and oxygen atoms in total. The molecule has 196 valence electrons. The molecule has 4 heterocycles. The van der Waals surface area contributed by atoms with Crippen LogP contribution in [-0.4, -0.2) is 59.9 Å². The predicted molar refractivity (Wildman–Crippen MR) is 135 cm³/mol. The highest BCUT2D eigenvalue weighted by Gasteiger charge is 2.71. The lowest BCUT2D eigenvalue weighted by molar-refractivity contribution is 0.0796. The first-order chi connectivity index (χ1) is 18.2. The first kappa shape index (κ1) is 24.4. The number of nitrogens with zero attached hydrogens (tertiary/aromatic N) is 8. The SMILES string of the molecule is Cc1nc(N2CC3C(C2)C3(F)F)ccc1Cn1cc(C(=O)NCc2cc(Cl)ccc2-n2cnnn2)c(C)n1. The summed E-state index contributed by atoms with van der Waals surface area (Å²) in [4.78, 5) is 19.6. The number of alkyl halides is 2. The molecule has 4 aromatic rings. The van der Waals surface area contributed by atoms with Gasteiger partial charge in [0.05, 0.1) is 35.3 Å². The lowest BCUT2D eigenvalue weighted by Crippen LogP contribution is -2.28. The van der Waals surface area contributed by atoms with Crippen LogP contribution in [0.4, 0.5) is 14.6 Å². The van der Waals surface area contributed by atoms with Crippen molar-refractivity contribution in [2.24, 2.45) is 11.8 Å². The molecule has 1 N–H and O–H groups in total. The van der Waals surface area contributed by atoms with E-state index in [0.717, 1.165) is 16.8 Å². The van der Waals surface area contributed by atoms with E-state index in [1.54, 1.807) is 36.0 Å². The van der Waals surface area contributed by atoms with E-state index in [2.05, 4.69) is 30.9 Å². The van der Waals surface area contributed by atoms with Crippen LogP contribution in [0, 0.1) is 25.7 Å². The number of benzene rings is 1. The number of fused-ring (bicyclic) bond motifs is 1. The summed E-state index contributed by atoms with van der Waals surface area (Å²) in [6.45, 7) is 4.99. The lowest BCUT2D eigenvalue weighted by atomic mass is 10.1. The Balaban J connectivity index is 1.12. The number of rotatable bonds is 7. The second-order valence-electron chi connectivity index (χ2n) is 9.74. The zero-order valence-electron chi connectivity index (χ0n) is 20.6. The number of tetrazole rings is 1. The molecule has 0 bridgehead atoms. The number of carbonyl (C=O) groups excluding carboxylic acids is 1. The van der Waals surface area contributed by atoms with E-state index < -0.39 is 17.8 Å². The standard InChI is InChI=1S/C25H24ClF2N9O/c1-14-16(3-6-23(31-14)35-11-20-21(12-35)25(20,27)28)9-36-10-19(15(2)32-36)24(38)29-8-17-7-18(26)4-5-22(17)37-13-30-33-34-37/h3-7,10,13,20-21H,8-9,11-12H2,1-2H3,(H,29,38). The van der Waals surface area contributed by atoms with Crippen molar-refractivity contribution >= 4 is 23.3 Å². The monoisotopic (exact) mass is 539 g/mol. The van der Waals surface area contributed by atoms with Gasteiger partial charge in [-0.1, -0.05) is 17.7 Å². The molecule has 2 fully saturated rings. The minimum absolute atomic E-state index is 0.216. The van der Waals surface area contributed by atoms with E-state index >= 15 is 0 Å². The van der Waals surface area contributed by atoms with Crippen LogP contribution in [0.25, 0.3) is 5.69 Å². The molecule has 0 radical (unpaired) electrons. The van der Waals surface area contributed by atoms with Gasteiger partial charge in [0.15, 0.2) is 0 Å². The predicted octanol–water partition coefficient (Wildman–Crippen LogP) is 3.20. The van der Waals surface area contributed by atoms with Gasteiger partial charge in [0.2, 0.25) is 0 Å². The van der Waals surface area contributed by atoms with Gasteiger partial charge in [-0.05, 0) is 59.7 Å². The van der Waals surface area contributed by atoms with Gasteiger partial charge in [-0.2, -0.15) is 5.10 Å². The molecule has 1 saturated heterocycles. The van der Waals surface area contributed by atoms with Gasteiger partial charge in [-0.25, -0.2) is 18.4 Å². The zero-order valence-corrected chi connectivity index (χ0v) is 21.4. The van der Waals surface area contributed by atoms with Crippen molar-refractivity contribution in [2.75, 3.05) is 18.0 Å². The second-order valence-corrected chi connectivity index (χ2v) is 10.2. The molecule has 1 aliphatic heterocycles. The number of amides is 1. The van der Waals surface area contributed by atoms with E-state index in [0.29, 0.717) is 47.4 Å². The second kappa shape index (κ2) is 9.12. The zero-order chi connectivity index (χ0) is 26.6. The molecule has 1 amide bonds. The maximum atomic E-state index is 13.5. The highest BCUT2D eigenvalue weighted by atomic mass is 35.5. The van der Waals surface area contributed by atoms with Gasteiger partial charge in [0, 0.05) is 36.5 Å². The van der Waals surface area contributed by atoms with Crippen LogP contribution in [0.15, 0.2) is 42.9 Å². The Hall–Kier alpha value is -3.93. The third-order valence-electron chi connectivity index (χ3n) is 7.30. The van der Waals surface area contributed by atoms with Crippen molar-refractivity contribution < 1.29 is 13.6 Å². The number of anilines is 1. The molecular formula is C25H24ClF2N9O. The van der Waals surface area contributed by atoms with E-state index in [9.17, 15) is 13.6 Å². The van der Waals surface area contributed by atoms with Crippen LogP contribution in [0.1, 0.15) is 32.9 Å². The van der Waals surface area contributed by atoms with E-state index in [1.807, 2.05) is 24.0 Å². The number of aromatic nitrogens is 7. The third-order valence-corrected chi connectivity index (χ3v) is 7.54. The normalized spacial score (nSPS) is 19.4. The Labute approximate surface area is 221 Å². The summed E-state index contributed by atoms with van der Waals surface area (Å²) in [6, 6.07) is 9.07. The summed E-state index contributed by atoms with van der Waals surface area (Å²) in [6.07, 6.45) is 3.17. The van der Waals surface area contributed by atoms with Crippen LogP contribution in [0.3, 0.4) is 0 Å². The molecule has 38 heavy (non-hydrogen) atoms. The quantitative estimate of drug-likeness (QED) is 0.384. The van der Waals surface area contributed by atoms with E-state index in [1.165, 1.54) is 11.0 Å². The number of halogens is 3. The average Bonchev–Trinajstić information content (AvgIpc) is 3.47. The largest absolute Gasteiger partial charge is 0.356 e. The Kier molecular flexibility index (Phi) is 5.86. The highest BCUT2D eigenvalue weighted by molar-refractivity contribution is 6.30. The fourth-order valence-electron chi connectivity index (χ4n) is 5.07. The lowest BCUT2D eigenvalue weighted by Gasteiger charge is -2.21. The number of piperidine rings is 1. The topological polar surface area (TPSA) is 107 Å². The number of aryl methyl sites for hydroxylation is 2. The van der Waals surface area contributed by atoms with Crippen LogP contribution in [-0.2, 0) is 13.1 Å². The first-order valence-electron chi connectivity index (χ1n) is 12.1. The van der Waals surface area contributed by atoms with Gasteiger partial charge in [0.25, 0.3) is 11.8 Å². The number of carbonyl (C=O) groups is 1. The van der Waals surface area contributed by atoms with Gasteiger partial charge in [0.1, 0.15) is 12.1 Å². The Morgan fingerprint density at radius 3 is 2.63 bits per heavy atom. The summed E-state index contributed by atoms with van der Waals surface area (Å²) in [5.41, 5.74) is 4.24. The van der Waals surface area contributed by atoms with Gasteiger partial charge >= 0.3 is 0 Å². The van der Waals surface area contributed by atoms with Crippen LogP contribution >= 0.6 is 11.6 Å². The molecular weight excluding hydrogens is 516 g/mol. The maximum absolute atomic E-state index is 13.5. The minimum atomic E-state index is -2.52. The van der Waals surface area contributed by atoms with Gasteiger partial charge in [-0.3, -0.25) is 9.48 Å². The van der Waals surface area contributed by atoms with Crippen LogP contribution < -0.4 is 10.2 Å². The molecule has 1 saturated carbocycles. The van der Waals surface area contributed by atoms with E-state index in [-0.39, 0.29) is 12.5 Å². The Morgan fingerprint density at radius 2 is 1.92 bits per heavy atom. The Morgan fingerprint density at radius 1 is 1.13 bits per heavy atom. The molecule has 13 heteroatoms. The molecule has 3 aromatic heterocycles. The molecule has 2 unspecified atom stereocenters. The van der Waals surface area contributed by atoms with Crippen molar-refractivity contribution in [3.8, 4) is 5.69 Å². The van der Waals surface area contributed by atoms with Gasteiger partial charge < -0.3 is 10.2 Å². The summed E-state index contributed by atoms with van der Waals surface area (Å²) in [5, 5.41) is 19.2. The van der Waals surface area contributed by atoms with Crippen LogP contribution in [0.5, 0.6) is 0 Å². The van der Waals surface area contributed by atoms with Gasteiger partial charge in [-0.15, -0.1) is 5.10 Å². The fourth-order valence-corrected chi connectivity index (χ4v) is 5.27. The van der Waals surface area contributed by atoms with Crippen molar-refractivity contribution in [1.29, 1.82) is 0 Å². The summed E-state index contributed by atoms with van der Waals surface area (Å²) in [7, 11) is 0. The molecule has 1 aliphatic carbocycles. The molecule has 0 spiro atoms. The maximum Gasteiger partial charge on any atom is 0.258 e. The van der Waals surface area contributed by atoms with Crippen molar-refractivity contribution in [3.63, 3.8) is 0 Å². The summed E-state index contributed by atoms with van der Waals surface area (Å²) < 4.78 is 30.3. The Bertz CT molecular complexity index is 1510. The van der Waals surface area contributed by atoms with Crippen molar-refractivity contribution in [2.45, 2.75) is 32.9 Å². The number of nitrogens with one attached hydrogen (secondary N) is 1. The fraction of sp³-hybridized carbons (Fsp3) is 0.360. The number of hydrogen-bond acceptors (Lipinski definition) is 7. The molecule has 2 aliphatic rings. The number of pyridine rings is 1. The average molecular weight is 540 g/mol. The minimum Gasteiger partial charge on any atom is -0.356 e. The molecule has 6 rings (SSSR count). The van der Waals surface area contributed by atoms with Crippen LogP contribution in [0.2, 0.25) is 5.02 Å². The molecule has 1 aromatic carbocycles.